The third-order valence-corrected chi connectivity index (χ3v) is 2.08. The van der Waals surface area contributed by atoms with Gasteiger partial charge in [-0.25, -0.2) is 0 Å². The topological polar surface area (TPSA) is 56.9 Å². The molecule has 1 N–H and O–H groups in total. The maximum Gasteiger partial charge on any atom is 0.168 e. The zero-order valence-electron chi connectivity index (χ0n) is 7.38. The number of hydrogen-bond acceptors (Lipinski definition) is 3. The summed E-state index contributed by atoms with van der Waals surface area (Å²) >= 11 is 0. The summed E-state index contributed by atoms with van der Waals surface area (Å²) in [4.78, 5) is 4.14. The number of aliphatic hydroxyl groups excluding tert-OH is 1. The van der Waals surface area contributed by atoms with Gasteiger partial charge in [0.25, 0.3) is 0 Å². The SMILES string of the molecule is N#CC(O)c1cccc2cccnc12. The van der Waals surface area contributed by atoms with Crippen molar-refractivity contribution in [2.45, 2.75) is 6.10 Å². The number of nitriles is 1. The van der Waals surface area contributed by atoms with Gasteiger partial charge in [-0.15, -0.1) is 0 Å². The van der Waals surface area contributed by atoms with Gasteiger partial charge in [0, 0.05) is 17.1 Å². The number of pyridine rings is 1. The Bertz CT molecular complexity index is 497. The van der Waals surface area contributed by atoms with Gasteiger partial charge in [-0.3, -0.25) is 4.98 Å². The third kappa shape index (κ3) is 1.32. The van der Waals surface area contributed by atoms with Crippen molar-refractivity contribution in [3.05, 3.63) is 42.1 Å². The Morgan fingerprint density at radius 3 is 2.86 bits per heavy atom. The minimum atomic E-state index is -1.10. The van der Waals surface area contributed by atoms with Crippen molar-refractivity contribution >= 4 is 10.9 Å². The highest BCUT2D eigenvalue weighted by atomic mass is 16.3. The summed E-state index contributed by atoms with van der Waals surface area (Å²) in [6, 6.07) is 10.9. The zero-order chi connectivity index (χ0) is 9.97. The number of aliphatic hydroxyl groups is 1. The van der Waals surface area contributed by atoms with Crippen LogP contribution in [-0.2, 0) is 0 Å². The van der Waals surface area contributed by atoms with Crippen molar-refractivity contribution < 1.29 is 5.11 Å². The van der Waals surface area contributed by atoms with E-state index in [2.05, 4.69) is 4.98 Å². The normalized spacial score (nSPS) is 12.3. The maximum absolute atomic E-state index is 9.43. The predicted molar refractivity (Wildman–Crippen MR) is 52.3 cm³/mol. The summed E-state index contributed by atoms with van der Waals surface area (Å²) in [6.45, 7) is 0. The van der Waals surface area contributed by atoms with Gasteiger partial charge in [0.05, 0.1) is 11.6 Å². The van der Waals surface area contributed by atoms with Crippen LogP contribution >= 0.6 is 0 Å². The van der Waals surface area contributed by atoms with Gasteiger partial charge in [0.1, 0.15) is 0 Å². The second-order valence-electron chi connectivity index (χ2n) is 2.95. The number of para-hydroxylation sites is 1. The highest BCUT2D eigenvalue weighted by molar-refractivity contribution is 5.82. The molecule has 0 bridgehead atoms. The average Bonchev–Trinajstić information content (AvgIpc) is 2.27. The first-order valence-corrected chi connectivity index (χ1v) is 4.24. The van der Waals surface area contributed by atoms with E-state index in [0.717, 1.165) is 5.39 Å². The Kier molecular flexibility index (Phi) is 2.13. The lowest BCUT2D eigenvalue weighted by atomic mass is 10.1. The van der Waals surface area contributed by atoms with E-state index in [1.807, 2.05) is 18.2 Å². The number of nitrogens with zero attached hydrogens (tertiary/aromatic N) is 2. The van der Waals surface area contributed by atoms with E-state index in [9.17, 15) is 5.11 Å². The van der Waals surface area contributed by atoms with E-state index >= 15 is 0 Å². The molecular formula is C11H8N2O. The Hall–Kier alpha value is -1.92. The van der Waals surface area contributed by atoms with Crippen molar-refractivity contribution in [2.75, 3.05) is 0 Å². The Morgan fingerprint density at radius 1 is 1.29 bits per heavy atom. The minimum absolute atomic E-state index is 0.561. The Balaban J connectivity index is 2.72. The molecule has 3 nitrogen and oxygen atoms in total. The molecule has 3 heteroatoms. The lowest BCUT2D eigenvalue weighted by Gasteiger charge is -2.05. The first-order valence-electron chi connectivity index (χ1n) is 4.24. The molecule has 0 saturated carbocycles. The number of fused-ring (bicyclic) bond motifs is 1. The first-order chi connectivity index (χ1) is 6.83. The molecule has 0 spiro atoms. The highest BCUT2D eigenvalue weighted by Gasteiger charge is 2.09. The van der Waals surface area contributed by atoms with Crippen molar-refractivity contribution in [2.24, 2.45) is 0 Å². The van der Waals surface area contributed by atoms with Crippen LogP contribution in [0.5, 0.6) is 0 Å². The second kappa shape index (κ2) is 3.44. The van der Waals surface area contributed by atoms with Crippen LogP contribution in [0.2, 0.25) is 0 Å². The molecule has 1 atom stereocenters. The fourth-order valence-corrected chi connectivity index (χ4v) is 1.42. The van der Waals surface area contributed by atoms with Gasteiger partial charge in [0.15, 0.2) is 6.10 Å². The molecule has 1 aromatic carbocycles. The van der Waals surface area contributed by atoms with Gasteiger partial charge in [-0.2, -0.15) is 5.26 Å². The Morgan fingerprint density at radius 2 is 2.07 bits per heavy atom. The smallest absolute Gasteiger partial charge is 0.168 e. The van der Waals surface area contributed by atoms with Crippen LogP contribution in [0.25, 0.3) is 10.9 Å². The predicted octanol–water partition coefficient (Wildman–Crippen LogP) is 1.79. The summed E-state index contributed by atoms with van der Waals surface area (Å²) < 4.78 is 0. The summed E-state index contributed by atoms with van der Waals surface area (Å²) in [5.41, 5.74) is 1.25. The van der Waals surface area contributed by atoms with Crippen molar-refractivity contribution in [1.29, 1.82) is 5.26 Å². The lowest BCUT2D eigenvalue weighted by Crippen LogP contribution is -1.95. The maximum atomic E-state index is 9.43. The van der Waals surface area contributed by atoms with Crippen molar-refractivity contribution in [3.63, 3.8) is 0 Å². The molecule has 14 heavy (non-hydrogen) atoms. The van der Waals surface area contributed by atoms with Crippen molar-refractivity contribution in [3.8, 4) is 6.07 Å². The molecule has 0 aliphatic carbocycles. The van der Waals surface area contributed by atoms with E-state index in [1.165, 1.54) is 0 Å². The largest absolute Gasteiger partial charge is 0.374 e. The Labute approximate surface area is 81.2 Å². The summed E-state index contributed by atoms with van der Waals surface area (Å²) in [7, 11) is 0. The fourth-order valence-electron chi connectivity index (χ4n) is 1.42. The van der Waals surface area contributed by atoms with Crippen LogP contribution in [0.4, 0.5) is 0 Å². The van der Waals surface area contributed by atoms with Crippen LogP contribution < -0.4 is 0 Å². The third-order valence-electron chi connectivity index (χ3n) is 2.08. The molecule has 1 heterocycles. The van der Waals surface area contributed by atoms with Gasteiger partial charge < -0.3 is 5.11 Å². The van der Waals surface area contributed by atoms with E-state index in [1.54, 1.807) is 24.4 Å². The van der Waals surface area contributed by atoms with Crippen LogP contribution in [0.1, 0.15) is 11.7 Å². The number of hydrogen-bond donors (Lipinski definition) is 1. The van der Waals surface area contributed by atoms with Gasteiger partial charge in [-0.1, -0.05) is 24.3 Å². The van der Waals surface area contributed by atoms with Crippen LogP contribution in [0, 0.1) is 11.3 Å². The van der Waals surface area contributed by atoms with E-state index < -0.39 is 6.10 Å². The number of rotatable bonds is 1. The minimum Gasteiger partial charge on any atom is -0.374 e. The molecule has 1 aromatic heterocycles. The number of aromatic nitrogens is 1. The van der Waals surface area contributed by atoms with Gasteiger partial charge in [0.2, 0.25) is 0 Å². The first kappa shape index (κ1) is 8.67. The molecule has 0 fully saturated rings. The molecule has 2 aromatic rings. The van der Waals surface area contributed by atoms with E-state index in [4.69, 9.17) is 5.26 Å². The monoisotopic (exact) mass is 184 g/mol. The summed E-state index contributed by atoms with van der Waals surface area (Å²) in [5, 5.41) is 19.0. The molecule has 0 saturated heterocycles. The number of benzene rings is 1. The quantitative estimate of drug-likeness (QED) is 0.687. The molecule has 0 aliphatic rings. The van der Waals surface area contributed by atoms with Gasteiger partial charge in [-0.05, 0) is 6.07 Å². The van der Waals surface area contributed by atoms with Crippen LogP contribution in [-0.4, -0.2) is 10.1 Å². The lowest BCUT2D eigenvalue weighted by molar-refractivity contribution is 0.237. The molecule has 2 rings (SSSR count). The average molecular weight is 184 g/mol. The summed E-state index contributed by atoms with van der Waals surface area (Å²) in [6.07, 6.45) is 0.546. The van der Waals surface area contributed by atoms with Crippen LogP contribution in [0.15, 0.2) is 36.5 Å². The zero-order valence-corrected chi connectivity index (χ0v) is 7.38. The van der Waals surface area contributed by atoms with Crippen LogP contribution in [0.3, 0.4) is 0 Å². The molecular weight excluding hydrogens is 176 g/mol. The van der Waals surface area contributed by atoms with Gasteiger partial charge >= 0.3 is 0 Å². The van der Waals surface area contributed by atoms with Crippen molar-refractivity contribution in [1.82, 2.24) is 4.98 Å². The molecule has 0 aliphatic heterocycles. The van der Waals surface area contributed by atoms with E-state index in [0.29, 0.717) is 11.1 Å². The molecule has 0 radical (unpaired) electrons. The van der Waals surface area contributed by atoms with E-state index in [-0.39, 0.29) is 0 Å². The molecule has 0 amide bonds. The second-order valence-corrected chi connectivity index (χ2v) is 2.95. The highest BCUT2D eigenvalue weighted by Crippen LogP contribution is 2.21. The summed E-state index contributed by atoms with van der Waals surface area (Å²) in [5.74, 6) is 0. The molecule has 68 valence electrons. The molecule has 1 unspecified atom stereocenters. The standard InChI is InChI=1S/C11H8N2O/c12-7-10(14)9-5-1-3-8-4-2-6-13-11(8)9/h1-6,10,14H. The fraction of sp³-hybridized carbons (Fsp3) is 0.0909.